The predicted octanol–water partition coefficient (Wildman–Crippen LogP) is 3.13. The van der Waals surface area contributed by atoms with E-state index in [4.69, 9.17) is 4.74 Å². The first-order valence-corrected chi connectivity index (χ1v) is 8.07. The fourth-order valence-electron chi connectivity index (χ4n) is 3.72. The molecule has 0 amide bonds. The molecule has 3 unspecified atom stereocenters. The average molecular weight is 287 g/mol. The van der Waals surface area contributed by atoms with Crippen molar-refractivity contribution in [3.8, 4) is 0 Å². The molecule has 0 spiro atoms. The average Bonchev–Trinajstić information content (AvgIpc) is 2.97. The van der Waals surface area contributed by atoms with Crippen LogP contribution in [0.25, 0.3) is 0 Å². The van der Waals surface area contributed by atoms with Crippen LogP contribution in [0.15, 0.2) is 18.2 Å². The summed E-state index contributed by atoms with van der Waals surface area (Å²) in [5.41, 5.74) is 3.27. The molecule has 1 aliphatic heterocycles. The number of Topliss-reactive ketones (excluding diaryl/α,β-unsaturated/α-hetero) is 1. The van der Waals surface area contributed by atoms with Gasteiger partial charge in [-0.2, -0.15) is 0 Å². The van der Waals surface area contributed by atoms with Crippen LogP contribution in [0.4, 0.5) is 0 Å². The van der Waals surface area contributed by atoms with Crippen LogP contribution in [0.3, 0.4) is 0 Å². The van der Waals surface area contributed by atoms with Gasteiger partial charge in [0, 0.05) is 18.2 Å². The molecular weight excluding hydrogens is 262 g/mol. The molecule has 0 N–H and O–H groups in total. The number of morpholine rings is 1. The molecule has 1 heterocycles. The minimum Gasteiger partial charge on any atom is -0.375 e. The number of ether oxygens (including phenoxy) is 1. The first-order valence-electron chi connectivity index (χ1n) is 8.07. The SMILES string of the molecule is Cc1ccc(C(=O)C(C)N2CCOC3CCCC32)cc1C. The summed E-state index contributed by atoms with van der Waals surface area (Å²) in [5.74, 6) is 0.241. The molecule has 2 fully saturated rings. The van der Waals surface area contributed by atoms with Crippen LogP contribution >= 0.6 is 0 Å². The Morgan fingerprint density at radius 3 is 2.86 bits per heavy atom. The summed E-state index contributed by atoms with van der Waals surface area (Å²) in [5, 5.41) is 0. The summed E-state index contributed by atoms with van der Waals surface area (Å²) < 4.78 is 5.85. The lowest BCUT2D eigenvalue weighted by Crippen LogP contribution is -2.54. The number of rotatable bonds is 3. The normalized spacial score (nSPS) is 27.4. The van der Waals surface area contributed by atoms with Gasteiger partial charge in [0.25, 0.3) is 0 Å². The highest BCUT2D eigenvalue weighted by atomic mass is 16.5. The molecule has 1 aromatic rings. The highest BCUT2D eigenvalue weighted by Crippen LogP contribution is 2.31. The molecule has 1 aliphatic carbocycles. The van der Waals surface area contributed by atoms with Gasteiger partial charge in [-0.25, -0.2) is 0 Å². The fourth-order valence-corrected chi connectivity index (χ4v) is 3.72. The van der Waals surface area contributed by atoms with Crippen LogP contribution in [-0.4, -0.2) is 42.0 Å². The van der Waals surface area contributed by atoms with Crippen molar-refractivity contribution < 1.29 is 9.53 Å². The van der Waals surface area contributed by atoms with Crippen LogP contribution < -0.4 is 0 Å². The zero-order valence-corrected chi connectivity index (χ0v) is 13.3. The van der Waals surface area contributed by atoms with E-state index in [2.05, 4.69) is 25.7 Å². The van der Waals surface area contributed by atoms with Gasteiger partial charge in [0.05, 0.1) is 18.8 Å². The summed E-state index contributed by atoms with van der Waals surface area (Å²) in [6.07, 6.45) is 3.87. The number of aryl methyl sites for hydroxylation is 2. The summed E-state index contributed by atoms with van der Waals surface area (Å²) in [6, 6.07) is 6.42. The first-order chi connectivity index (χ1) is 10.1. The lowest BCUT2D eigenvalue weighted by atomic mass is 9.97. The van der Waals surface area contributed by atoms with Gasteiger partial charge in [0.1, 0.15) is 0 Å². The van der Waals surface area contributed by atoms with Gasteiger partial charge in [0.2, 0.25) is 0 Å². The van der Waals surface area contributed by atoms with E-state index in [1.807, 2.05) is 18.2 Å². The van der Waals surface area contributed by atoms with Crippen LogP contribution in [0.1, 0.15) is 47.7 Å². The monoisotopic (exact) mass is 287 g/mol. The molecule has 114 valence electrons. The Kier molecular flexibility index (Phi) is 4.14. The van der Waals surface area contributed by atoms with Gasteiger partial charge < -0.3 is 4.74 Å². The molecule has 2 aliphatic rings. The fraction of sp³-hybridized carbons (Fsp3) is 0.611. The standard InChI is InChI=1S/C18H25NO2/c1-12-7-8-15(11-13(12)2)18(20)14(3)19-9-10-21-17-6-4-5-16(17)19/h7-8,11,14,16-17H,4-6,9-10H2,1-3H3. The Morgan fingerprint density at radius 1 is 1.29 bits per heavy atom. The van der Waals surface area contributed by atoms with Crippen molar-refractivity contribution in [2.45, 2.75) is 58.2 Å². The topological polar surface area (TPSA) is 29.5 Å². The van der Waals surface area contributed by atoms with E-state index in [9.17, 15) is 4.79 Å². The number of benzene rings is 1. The lowest BCUT2D eigenvalue weighted by Gasteiger charge is -2.40. The molecule has 21 heavy (non-hydrogen) atoms. The summed E-state index contributed by atoms with van der Waals surface area (Å²) in [6.45, 7) is 7.83. The van der Waals surface area contributed by atoms with Crippen molar-refractivity contribution in [1.82, 2.24) is 4.90 Å². The number of nitrogens with zero attached hydrogens (tertiary/aromatic N) is 1. The van der Waals surface area contributed by atoms with Crippen molar-refractivity contribution in [3.63, 3.8) is 0 Å². The van der Waals surface area contributed by atoms with E-state index in [-0.39, 0.29) is 11.8 Å². The van der Waals surface area contributed by atoms with Gasteiger partial charge in [-0.15, -0.1) is 0 Å². The van der Waals surface area contributed by atoms with E-state index in [0.717, 1.165) is 31.6 Å². The van der Waals surface area contributed by atoms with Gasteiger partial charge in [-0.1, -0.05) is 12.1 Å². The van der Waals surface area contributed by atoms with Crippen LogP contribution in [0, 0.1) is 13.8 Å². The minimum atomic E-state index is -0.0541. The third kappa shape index (κ3) is 2.77. The van der Waals surface area contributed by atoms with Crippen LogP contribution in [0.2, 0.25) is 0 Å². The number of carbonyl (C=O) groups excluding carboxylic acids is 1. The highest BCUT2D eigenvalue weighted by Gasteiger charge is 2.39. The Labute approximate surface area is 127 Å². The van der Waals surface area contributed by atoms with Crippen molar-refractivity contribution in [1.29, 1.82) is 0 Å². The Hall–Kier alpha value is -1.19. The predicted molar refractivity (Wildman–Crippen MR) is 83.8 cm³/mol. The number of hydrogen-bond donors (Lipinski definition) is 0. The molecule has 0 radical (unpaired) electrons. The molecule has 0 bridgehead atoms. The molecule has 3 heteroatoms. The second kappa shape index (κ2) is 5.90. The first kappa shape index (κ1) is 14.7. The van der Waals surface area contributed by atoms with Crippen molar-refractivity contribution in [2.24, 2.45) is 0 Å². The maximum absolute atomic E-state index is 12.8. The zero-order valence-electron chi connectivity index (χ0n) is 13.3. The Morgan fingerprint density at radius 2 is 2.10 bits per heavy atom. The molecule has 1 saturated carbocycles. The van der Waals surface area contributed by atoms with Crippen LogP contribution in [-0.2, 0) is 4.74 Å². The molecule has 3 rings (SSSR count). The lowest BCUT2D eigenvalue weighted by molar-refractivity contribution is -0.0643. The number of hydrogen-bond acceptors (Lipinski definition) is 3. The second-order valence-electron chi connectivity index (χ2n) is 6.48. The number of fused-ring (bicyclic) bond motifs is 1. The Bertz CT molecular complexity index is 540. The molecule has 3 nitrogen and oxygen atoms in total. The summed E-state index contributed by atoms with van der Waals surface area (Å²) >= 11 is 0. The second-order valence-corrected chi connectivity index (χ2v) is 6.48. The highest BCUT2D eigenvalue weighted by molar-refractivity contribution is 6.00. The minimum absolute atomic E-state index is 0.0541. The number of ketones is 1. The maximum atomic E-state index is 12.8. The molecule has 3 atom stereocenters. The largest absolute Gasteiger partial charge is 0.375 e. The van der Waals surface area contributed by atoms with E-state index < -0.39 is 0 Å². The van der Waals surface area contributed by atoms with Crippen molar-refractivity contribution >= 4 is 5.78 Å². The number of carbonyl (C=O) groups is 1. The third-order valence-corrected chi connectivity index (χ3v) is 5.19. The van der Waals surface area contributed by atoms with Gasteiger partial charge in [0.15, 0.2) is 5.78 Å². The molecular formula is C18H25NO2. The zero-order chi connectivity index (χ0) is 15.0. The summed E-state index contributed by atoms with van der Waals surface area (Å²) in [7, 11) is 0. The quantitative estimate of drug-likeness (QED) is 0.800. The smallest absolute Gasteiger partial charge is 0.179 e. The summed E-state index contributed by atoms with van der Waals surface area (Å²) in [4.78, 5) is 15.2. The van der Waals surface area contributed by atoms with Gasteiger partial charge >= 0.3 is 0 Å². The van der Waals surface area contributed by atoms with E-state index in [1.165, 1.54) is 17.5 Å². The van der Waals surface area contributed by atoms with E-state index >= 15 is 0 Å². The molecule has 0 aromatic heterocycles. The van der Waals surface area contributed by atoms with E-state index in [1.54, 1.807) is 0 Å². The molecule has 1 saturated heterocycles. The maximum Gasteiger partial charge on any atom is 0.179 e. The van der Waals surface area contributed by atoms with Gasteiger partial charge in [-0.05, 0) is 57.2 Å². The van der Waals surface area contributed by atoms with Crippen LogP contribution in [0.5, 0.6) is 0 Å². The van der Waals surface area contributed by atoms with Crippen molar-refractivity contribution in [2.75, 3.05) is 13.2 Å². The molecule has 1 aromatic carbocycles. The Balaban J connectivity index is 1.78. The third-order valence-electron chi connectivity index (χ3n) is 5.19. The van der Waals surface area contributed by atoms with Gasteiger partial charge in [-0.3, -0.25) is 9.69 Å². The van der Waals surface area contributed by atoms with Crippen molar-refractivity contribution in [3.05, 3.63) is 34.9 Å². The van der Waals surface area contributed by atoms with E-state index in [0.29, 0.717) is 12.1 Å².